The van der Waals surface area contributed by atoms with E-state index in [9.17, 15) is 0 Å². The molecule has 0 saturated carbocycles. The lowest BCUT2D eigenvalue weighted by atomic mass is 9.78. The molecule has 0 nitrogen and oxygen atoms in total. The van der Waals surface area contributed by atoms with Gasteiger partial charge in [-0.05, 0) is 34.7 Å². The highest BCUT2D eigenvalue weighted by atomic mass is 35.5. The maximum absolute atomic E-state index is 6.05. The first-order chi connectivity index (χ1) is 7.01. The van der Waals surface area contributed by atoms with E-state index in [0.29, 0.717) is 0 Å². The molecule has 0 bridgehead atoms. The fraction of sp³-hybridized carbons (Fsp3) is 0.231. The van der Waals surface area contributed by atoms with E-state index in [1.54, 1.807) is 11.8 Å². The van der Waals surface area contributed by atoms with Crippen LogP contribution in [0.25, 0.3) is 0 Å². The van der Waals surface area contributed by atoms with Crippen LogP contribution in [0.15, 0.2) is 46.7 Å². The zero-order chi connectivity index (χ0) is 11.1. The number of thioether (sulfide) groups is 1. The van der Waals surface area contributed by atoms with E-state index in [0.717, 1.165) is 10.6 Å². The smallest absolute Gasteiger partial charge is 0.0409 e. The second-order valence-corrected chi connectivity index (χ2v) is 5.60. The van der Waals surface area contributed by atoms with Crippen molar-refractivity contribution in [1.29, 1.82) is 0 Å². The van der Waals surface area contributed by atoms with Gasteiger partial charge in [-0.3, -0.25) is 0 Å². The molecule has 1 aromatic rings. The predicted octanol–water partition coefficient (Wildman–Crippen LogP) is 4.79. The Labute approximate surface area is 100 Å². The first-order valence-corrected chi connectivity index (χ1v) is 6.10. The fourth-order valence-electron chi connectivity index (χ4n) is 1.66. The maximum Gasteiger partial charge on any atom is 0.0409 e. The first-order valence-electron chi connectivity index (χ1n) is 4.84. The lowest BCUT2D eigenvalue weighted by Gasteiger charge is -2.26. The fourth-order valence-corrected chi connectivity index (χ4v) is 2.80. The van der Waals surface area contributed by atoms with E-state index in [-0.39, 0.29) is 5.41 Å². The summed E-state index contributed by atoms with van der Waals surface area (Å²) in [6.07, 6.45) is 2.08. The van der Waals surface area contributed by atoms with Crippen molar-refractivity contribution in [3.8, 4) is 0 Å². The van der Waals surface area contributed by atoms with Crippen molar-refractivity contribution in [2.24, 2.45) is 0 Å². The van der Waals surface area contributed by atoms with E-state index in [1.165, 1.54) is 10.5 Å². The van der Waals surface area contributed by atoms with Gasteiger partial charge in [-0.25, -0.2) is 0 Å². The summed E-state index contributed by atoms with van der Waals surface area (Å²) in [6, 6.07) is 6.06. The largest absolute Gasteiger partial charge is 0.0977 e. The third-order valence-electron chi connectivity index (χ3n) is 2.88. The molecule has 0 fully saturated rings. The Morgan fingerprint density at radius 1 is 1.33 bits per heavy atom. The van der Waals surface area contributed by atoms with Crippen LogP contribution in [0.4, 0.5) is 0 Å². The number of hydrogen-bond donors (Lipinski definition) is 0. The van der Waals surface area contributed by atoms with Crippen molar-refractivity contribution in [3.63, 3.8) is 0 Å². The van der Waals surface area contributed by atoms with Crippen LogP contribution in [0.5, 0.6) is 0 Å². The molecule has 15 heavy (non-hydrogen) atoms. The van der Waals surface area contributed by atoms with Crippen molar-refractivity contribution in [2.75, 3.05) is 0 Å². The summed E-state index contributed by atoms with van der Waals surface area (Å²) in [7, 11) is 0. The average Bonchev–Trinajstić information content (AvgIpc) is 2.28. The molecule has 0 aromatic heterocycles. The minimum atomic E-state index is -0.0414. The minimum absolute atomic E-state index is 0.0414. The molecule has 1 heterocycles. The molecule has 0 amide bonds. The van der Waals surface area contributed by atoms with E-state index in [4.69, 9.17) is 11.6 Å². The molecular formula is C13H13ClS. The number of allylic oxidation sites excluding steroid dienone is 2. The SMILES string of the molecule is C=C1C=CSc2ccc(Cl)cc2C1(C)C. The number of fused-ring (bicyclic) bond motifs is 1. The van der Waals surface area contributed by atoms with Crippen molar-refractivity contribution in [1.82, 2.24) is 0 Å². The molecule has 0 atom stereocenters. The Balaban J connectivity index is 2.65. The van der Waals surface area contributed by atoms with Gasteiger partial charge in [-0.15, -0.1) is 0 Å². The van der Waals surface area contributed by atoms with Crippen molar-refractivity contribution in [3.05, 3.63) is 52.4 Å². The van der Waals surface area contributed by atoms with E-state index in [2.05, 4.69) is 38.0 Å². The predicted molar refractivity (Wildman–Crippen MR) is 68.6 cm³/mol. The van der Waals surface area contributed by atoms with E-state index >= 15 is 0 Å². The number of benzene rings is 1. The van der Waals surface area contributed by atoms with Crippen LogP contribution >= 0.6 is 23.4 Å². The van der Waals surface area contributed by atoms with Gasteiger partial charge >= 0.3 is 0 Å². The molecule has 2 rings (SSSR count). The summed E-state index contributed by atoms with van der Waals surface area (Å²) in [6.45, 7) is 8.47. The highest BCUT2D eigenvalue weighted by molar-refractivity contribution is 8.02. The molecule has 2 heteroatoms. The molecule has 0 spiro atoms. The molecule has 1 aliphatic heterocycles. The lowest BCUT2D eigenvalue weighted by molar-refractivity contribution is 0.629. The van der Waals surface area contributed by atoms with Gasteiger partial charge in [0.1, 0.15) is 0 Å². The molecule has 0 unspecified atom stereocenters. The summed E-state index contributed by atoms with van der Waals surface area (Å²) in [5, 5.41) is 2.88. The molecule has 78 valence electrons. The second-order valence-electron chi connectivity index (χ2n) is 4.21. The van der Waals surface area contributed by atoms with Gasteiger partial charge in [0.05, 0.1) is 0 Å². The van der Waals surface area contributed by atoms with Gasteiger partial charge < -0.3 is 0 Å². The first kappa shape index (κ1) is 10.8. The Hall–Kier alpha value is -0.660. The lowest BCUT2D eigenvalue weighted by Crippen LogP contribution is -2.18. The highest BCUT2D eigenvalue weighted by Gasteiger charge is 2.27. The zero-order valence-corrected chi connectivity index (χ0v) is 10.5. The van der Waals surface area contributed by atoms with Gasteiger partial charge in [-0.1, -0.05) is 49.9 Å². The van der Waals surface area contributed by atoms with Crippen LogP contribution in [0.3, 0.4) is 0 Å². The summed E-state index contributed by atoms with van der Waals surface area (Å²) in [5.74, 6) is 0. The third-order valence-corrected chi connectivity index (χ3v) is 4.00. The van der Waals surface area contributed by atoms with Crippen molar-refractivity contribution < 1.29 is 0 Å². The molecule has 0 aliphatic carbocycles. The monoisotopic (exact) mass is 236 g/mol. The van der Waals surface area contributed by atoms with Gasteiger partial charge in [0.2, 0.25) is 0 Å². The number of rotatable bonds is 0. The quantitative estimate of drug-likeness (QED) is 0.624. The Kier molecular flexibility index (Phi) is 2.70. The van der Waals surface area contributed by atoms with Crippen molar-refractivity contribution in [2.45, 2.75) is 24.2 Å². The molecule has 0 saturated heterocycles. The standard InChI is InChI=1S/C13H13ClS/c1-9-6-7-15-12-5-4-10(14)8-11(12)13(9,2)3/h4-8H,1H2,2-3H3. The van der Waals surface area contributed by atoms with E-state index < -0.39 is 0 Å². The maximum atomic E-state index is 6.05. The summed E-state index contributed by atoms with van der Waals surface area (Å²) in [5.41, 5.74) is 2.34. The summed E-state index contributed by atoms with van der Waals surface area (Å²) in [4.78, 5) is 1.26. The zero-order valence-electron chi connectivity index (χ0n) is 8.88. The van der Waals surface area contributed by atoms with Crippen LogP contribution in [0.1, 0.15) is 19.4 Å². The van der Waals surface area contributed by atoms with Crippen LogP contribution in [0.2, 0.25) is 5.02 Å². The van der Waals surface area contributed by atoms with Crippen LogP contribution in [-0.2, 0) is 5.41 Å². The topological polar surface area (TPSA) is 0 Å². The highest BCUT2D eigenvalue weighted by Crippen LogP contribution is 2.42. The van der Waals surface area contributed by atoms with Gasteiger partial charge in [0, 0.05) is 15.3 Å². The molecule has 1 aliphatic rings. The summed E-state index contributed by atoms with van der Waals surface area (Å²) >= 11 is 7.77. The minimum Gasteiger partial charge on any atom is -0.0977 e. The number of halogens is 1. The normalized spacial score (nSPS) is 18.5. The Bertz CT molecular complexity index is 444. The van der Waals surface area contributed by atoms with Crippen LogP contribution < -0.4 is 0 Å². The molecule has 0 radical (unpaired) electrons. The average molecular weight is 237 g/mol. The molecular weight excluding hydrogens is 224 g/mol. The van der Waals surface area contributed by atoms with Gasteiger partial charge in [-0.2, -0.15) is 0 Å². The van der Waals surface area contributed by atoms with Crippen LogP contribution in [0, 0.1) is 0 Å². The van der Waals surface area contributed by atoms with Crippen LogP contribution in [-0.4, -0.2) is 0 Å². The third kappa shape index (κ3) is 1.86. The van der Waals surface area contributed by atoms with Gasteiger partial charge in [0.25, 0.3) is 0 Å². The summed E-state index contributed by atoms with van der Waals surface area (Å²) < 4.78 is 0. The molecule has 1 aromatic carbocycles. The Morgan fingerprint density at radius 2 is 2.07 bits per heavy atom. The second kappa shape index (κ2) is 3.73. The van der Waals surface area contributed by atoms with E-state index in [1.807, 2.05) is 12.1 Å². The number of hydrogen-bond acceptors (Lipinski definition) is 1. The van der Waals surface area contributed by atoms with Crippen molar-refractivity contribution >= 4 is 23.4 Å². The van der Waals surface area contributed by atoms with Gasteiger partial charge in [0.15, 0.2) is 0 Å². The molecule has 0 N–H and O–H groups in total. The Morgan fingerprint density at radius 3 is 2.80 bits per heavy atom.